The molecule has 0 aliphatic rings. The van der Waals surface area contributed by atoms with Gasteiger partial charge >= 0.3 is 6.18 Å². The molecule has 0 N–H and O–H groups in total. The molecule has 0 aliphatic carbocycles. The van der Waals surface area contributed by atoms with Crippen LogP contribution in [0.15, 0.2) is 18.2 Å². The first-order valence-electron chi connectivity index (χ1n) is 3.38. The quantitative estimate of drug-likeness (QED) is 0.442. The third-order valence-electron chi connectivity index (χ3n) is 1.38. The van der Waals surface area contributed by atoms with Gasteiger partial charge in [-0.1, -0.05) is 0 Å². The Labute approximate surface area is 90.2 Å². The van der Waals surface area contributed by atoms with Gasteiger partial charge in [-0.15, -0.1) is 0 Å². The first-order chi connectivity index (χ1) is 6.30. The normalized spacial score (nSPS) is 11.5. The van der Waals surface area contributed by atoms with E-state index in [0.717, 1.165) is 12.1 Å². The number of rotatable bonds is 1. The lowest BCUT2D eigenvalue weighted by atomic mass is 10.1. The highest BCUT2D eigenvalue weighted by Gasteiger charge is 2.39. The van der Waals surface area contributed by atoms with Crippen molar-refractivity contribution >= 4 is 28.4 Å². The van der Waals surface area contributed by atoms with Crippen molar-refractivity contribution in [1.82, 2.24) is 0 Å². The number of carbonyl (C=O) groups excluding carboxylic acids is 1. The van der Waals surface area contributed by atoms with Crippen LogP contribution in [0.25, 0.3) is 0 Å². The van der Waals surface area contributed by atoms with Crippen molar-refractivity contribution in [2.75, 3.05) is 0 Å². The van der Waals surface area contributed by atoms with Gasteiger partial charge in [-0.25, -0.2) is 4.39 Å². The van der Waals surface area contributed by atoms with E-state index in [4.69, 9.17) is 0 Å². The van der Waals surface area contributed by atoms with Crippen molar-refractivity contribution in [2.24, 2.45) is 0 Å². The molecule has 0 spiro atoms. The Morgan fingerprint density at radius 3 is 2.21 bits per heavy atom. The van der Waals surface area contributed by atoms with E-state index in [0.29, 0.717) is 6.07 Å². The Kier molecular flexibility index (Phi) is 3.13. The highest BCUT2D eigenvalue weighted by atomic mass is 127. The molecule has 6 heteroatoms. The van der Waals surface area contributed by atoms with Gasteiger partial charge in [0, 0.05) is 9.13 Å². The monoisotopic (exact) mass is 318 g/mol. The molecular formula is C8H3F4IO. The van der Waals surface area contributed by atoms with Crippen molar-refractivity contribution in [1.29, 1.82) is 0 Å². The van der Waals surface area contributed by atoms with E-state index in [1.165, 1.54) is 0 Å². The Hall–Kier alpha value is -0.660. The Bertz CT molecular complexity index is 352. The van der Waals surface area contributed by atoms with E-state index in [1.807, 2.05) is 0 Å². The lowest BCUT2D eigenvalue weighted by Crippen LogP contribution is -2.22. The summed E-state index contributed by atoms with van der Waals surface area (Å²) in [5.74, 6) is -2.89. The van der Waals surface area contributed by atoms with Gasteiger partial charge in [0.05, 0.1) is 0 Å². The van der Waals surface area contributed by atoms with E-state index < -0.39 is 23.3 Å². The van der Waals surface area contributed by atoms with Gasteiger partial charge < -0.3 is 0 Å². The summed E-state index contributed by atoms with van der Waals surface area (Å²) in [5.41, 5.74) is -0.679. The van der Waals surface area contributed by atoms with Crippen LogP contribution >= 0.6 is 22.6 Å². The summed E-state index contributed by atoms with van der Waals surface area (Å²) in [7, 11) is 0. The number of benzene rings is 1. The predicted octanol–water partition coefficient (Wildman–Crippen LogP) is 3.18. The number of Topliss-reactive ketones (excluding diaryl/α,β-unsaturated/α-hetero) is 1. The zero-order chi connectivity index (χ0) is 10.9. The summed E-state index contributed by atoms with van der Waals surface area (Å²) in [6, 6.07) is 2.59. The molecule has 0 fully saturated rings. The van der Waals surface area contributed by atoms with Crippen LogP contribution in [0, 0.1) is 9.39 Å². The minimum Gasteiger partial charge on any atom is -0.284 e. The maximum absolute atomic E-state index is 12.7. The highest BCUT2D eigenvalue weighted by Crippen LogP contribution is 2.23. The topological polar surface area (TPSA) is 17.1 Å². The zero-order valence-corrected chi connectivity index (χ0v) is 8.69. The standard InChI is InChI=1S/C8H3F4IO/c9-5-1-4(2-6(13)3-5)7(14)8(10,11)12/h1-3H. The largest absolute Gasteiger partial charge is 0.454 e. The maximum Gasteiger partial charge on any atom is 0.454 e. The van der Waals surface area contributed by atoms with Crippen LogP contribution in [0.4, 0.5) is 17.6 Å². The molecule has 0 aromatic heterocycles. The van der Waals surface area contributed by atoms with Crippen LogP contribution in [-0.4, -0.2) is 12.0 Å². The molecule has 0 aliphatic heterocycles. The second kappa shape index (κ2) is 3.84. The van der Waals surface area contributed by atoms with Crippen molar-refractivity contribution in [2.45, 2.75) is 6.18 Å². The third-order valence-corrected chi connectivity index (χ3v) is 2.01. The smallest absolute Gasteiger partial charge is 0.284 e. The molecule has 1 nitrogen and oxygen atoms in total. The van der Waals surface area contributed by atoms with Crippen LogP contribution in [0.5, 0.6) is 0 Å². The zero-order valence-electron chi connectivity index (χ0n) is 6.53. The molecule has 0 radical (unpaired) electrons. The Morgan fingerprint density at radius 2 is 1.79 bits per heavy atom. The number of alkyl halides is 3. The average molecular weight is 318 g/mol. The van der Waals surface area contributed by atoms with Gasteiger partial charge in [0.15, 0.2) is 0 Å². The van der Waals surface area contributed by atoms with Gasteiger partial charge in [0.25, 0.3) is 5.78 Å². The summed E-state index contributed by atoms with van der Waals surface area (Å²) in [5, 5.41) is 0. The molecule has 0 atom stereocenters. The highest BCUT2D eigenvalue weighted by molar-refractivity contribution is 14.1. The summed E-state index contributed by atoms with van der Waals surface area (Å²) < 4.78 is 48.7. The number of hydrogen-bond donors (Lipinski definition) is 0. The third kappa shape index (κ3) is 2.66. The maximum atomic E-state index is 12.7. The first kappa shape index (κ1) is 11.4. The molecule has 1 aromatic carbocycles. The second-order valence-electron chi connectivity index (χ2n) is 2.49. The van der Waals surface area contributed by atoms with Crippen molar-refractivity contribution in [3.63, 3.8) is 0 Å². The number of halogens is 5. The van der Waals surface area contributed by atoms with Crippen LogP contribution in [-0.2, 0) is 0 Å². The molecule has 0 bridgehead atoms. The summed E-state index contributed by atoms with van der Waals surface area (Å²) >= 11 is 1.63. The van der Waals surface area contributed by atoms with Crippen LogP contribution in [0.2, 0.25) is 0 Å². The fourth-order valence-electron chi connectivity index (χ4n) is 0.849. The van der Waals surface area contributed by atoms with E-state index in [9.17, 15) is 22.4 Å². The van der Waals surface area contributed by atoms with Crippen LogP contribution < -0.4 is 0 Å². The molecule has 14 heavy (non-hydrogen) atoms. The molecule has 0 unspecified atom stereocenters. The fourth-order valence-corrected chi connectivity index (χ4v) is 1.48. The predicted molar refractivity (Wildman–Crippen MR) is 49.5 cm³/mol. The van der Waals surface area contributed by atoms with Gasteiger partial charge in [0.1, 0.15) is 5.82 Å². The lowest BCUT2D eigenvalue weighted by Gasteiger charge is -2.05. The number of ketones is 1. The second-order valence-corrected chi connectivity index (χ2v) is 3.73. The first-order valence-corrected chi connectivity index (χ1v) is 4.46. The van der Waals surface area contributed by atoms with Crippen LogP contribution in [0.3, 0.4) is 0 Å². The number of hydrogen-bond acceptors (Lipinski definition) is 1. The van der Waals surface area contributed by atoms with E-state index in [-0.39, 0.29) is 3.57 Å². The van der Waals surface area contributed by atoms with E-state index >= 15 is 0 Å². The van der Waals surface area contributed by atoms with Crippen LogP contribution in [0.1, 0.15) is 10.4 Å². The summed E-state index contributed by atoms with van der Waals surface area (Å²) in [4.78, 5) is 10.7. The SMILES string of the molecule is O=C(c1cc(F)cc(I)c1)C(F)(F)F. The fraction of sp³-hybridized carbons (Fsp3) is 0.125. The minimum absolute atomic E-state index is 0.246. The average Bonchev–Trinajstić information content (AvgIpc) is 1.99. The molecule has 0 saturated heterocycles. The Morgan fingerprint density at radius 1 is 1.21 bits per heavy atom. The lowest BCUT2D eigenvalue weighted by molar-refractivity contribution is -0.0885. The van der Waals surface area contributed by atoms with Gasteiger partial charge in [-0.2, -0.15) is 13.2 Å². The summed E-state index contributed by atoms with van der Waals surface area (Å²) in [6.07, 6.45) is -4.96. The van der Waals surface area contributed by atoms with Gasteiger partial charge in [-0.3, -0.25) is 4.79 Å². The van der Waals surface area contributed by atoms with Gasteiger partial charge in [-0.05, 0) is 40.8 Å². The summed E-state index contributed by atoms with van der Waals surface area (Å²) in [6.45, 7) is 0. The van der Waals surface area contributed by atoms with E-state index in [2.05, 4.69) is 0 Å². The Balaban J connectivity index is 3.14. The van der Waals surface area contributed by atoms with Crippen molar-refractivity contribution in [3.05, 3.63) is 33.1 Å². The van der Waals surface area contributed by atoms with E-state index in [1.54, 1.807) is 22.6 Å². The molecule has 0 amide bonds. The van der Waals surface area contributed by atoms with Crippen molar-refractivity contribution < 1.29 is 22.4 Å². The molecule has 1 aromatic rings. The molecular weight excluding hydrogens is 315 g/mol. The molecule has 0 saturated carbocycles. The van der Waals surface area contributed by atoms with Gasteiger partial charge in [0.2, 0.25) is 0 Å². The molecule has 1 rings (SSSR count). The molecule has 0 heterocycles. The minimum atomic E-state index is -4.96. The van der Waals surface area contributed by atoms with Crippen molar-refractivity contribution in [3.8, 4) is 0 Å². The number of carbonyl (C=O) groups is 1. The molecule has 76 valence electrons.